The molecule has 1 aliphatic heterocycles. The molecule has 2 heterocycles. The van der Waals surface area contributed by atoms with Crippen molar-refractivity contribution in [3.8, 4) is 0 Å². The van der Waals surface area contributed by atoms with E-state index in [9.17, 15) is 9.90 Å². The number of hydrogen-bond acceptors (Lipinski definition) is 4. The first-order valence-electron chi connectivity index (χ1n) is 5.18. The highest BCUT2D eigenvalue weighted by atomic mass is 32.1. The Morgan fingerprint density at radius 3 is 2.73 bits per heavy atom. The molecule has 0 atom stereocenters. The van der Waals surface area contributed by atoms with E-state index >= 15 is 0 Å². The SMILES string of the molecule is Cc1nc(C[NH+]2CCCC2)sc1C(=O)[O-]. The van der Waals surface area contributed by atoms with Crippen molar-refractivity contribution in [2.75, 3.05) is 13.1 Å². The molecule has 0 aliphatic carbocycles. The quantitative estimate of drug-likeness (QED) is 0.719. The van der Waals surface area contributed by atoms with Crippen molar-refractivity contribution in [1.82, 2.24) is 4.98 Å². The molecular formula is C10H14N2O2S. The van der Waals surface area contributed by atoms with Crippen LogP contribution in [0.5, 0.6) is 0 Å². The molecule has 82 valence electrons. The van der Waals surface area contributed by atoms with Gasteiger partial charge in [0.25, 0.3) is 0 Å². The third-order valence-electron chi connectivity index (χ3n) is 2.74. The highest BCUT2D eigenvalue weighted by molar-refractivity contribution is 7.13. The molecule has 0 radical (unpaired) electrons. The number of nitrogens with zero attached hydrogens (tertiary/aromatic N) is 1. The zero-order chi connectivity index (χ0) is 10.8. The van der Waals surface area contributed by atoms with Crippen LogP contribution in [0.3, 0.4) is 0 Å². The van der Waals surface area contributed by atoms with Crippen molar-refractivity contribution in [1.29, 1.82) is 0 Å². The molecule has 0 amide bonds. The van der Waals surface area contributed by atoms with Crippen molar-refractivity contribution in [3.63, 3.8) is 0 Å². The van der Waals surface area contributed by atoms with E-state index in [0.717, 1.165) is 11.6 Å². The summed E-state index contributed by atoms with van der Waals surface area (Å²) >= 11 is 1.26. The largest absolute Gasteiger partial charge is 0.544 e. The standard InChI is InChI=1S/C10H14N2O2S/c1-7-9(10(13)14)15-8(11-7)6-12-4-2-3-5-12/h2-6H2,1H3,(H,13,14). The summed E-state index contributed by atoms with van der Waals surface area (Å²) in [6, 6.07) is 0. The van der Waals surface area contributed by atoms with Crippen molar-refractivity contribution < 1.29 is 14.8 Å². The number of aromatic carboxylic acids is 1. The van der Waals surface area contributed by atoms with Crippen molar-refractivity contribution in [2.45, 2.75) is 26.3 Å². The number of carboxylic acids is 1. The molecule has 0 aromatic carbocycles. The Bertz CT molecular complexity index is 369. The maximum absolute atomic E-state index is 10.7. The van der Waals surface area contributed by atoms with Gasteiger partial charge >= 0.3 is 0 Å². The van der Waals surface area contributed by atoms with E-state index in [1.165, 1.54) is 42.2 Å². The Morgan fingerprint density at radius 1 is 1.53 bits per heavy atom. The summed E-state index contributed by atoms with van der Waals surface area (Å²) in [5.74, 6) is -1.10. The molecule has 0 bridgehead atoms. The molecule has 1 aromatic heterocycles. The van der Waals surface area contributed by atoms with Crippen molar-refractivity contribution >= 4 is 17.3 Å². The summed E-state index contributed by atoms with van der Waals surface area (Å²) in [5.41, 5.74) is 0.591. The van der Waals surface area contributed by atoms with E-state index in [-0.39, 0.29) is 4.88 Å². The molecule has 15 heavy (non-hydrogen) atoms. The molecule has 1 aliphatic rings. The molecule has 1 aromatic rings. The summed E-state index contributed by atoms with van der Waals surface area (Å²) in [6.45, 7) is 4.95. The van der Waals surface area contributed by atoms with Crippen LogP contribution in [0.4, 0.5) is 0 Å². The lowest BCUT2D eigenvalue weighted by molar-refractivity contribution is -0.901. The molecule has 0 saturated carbocycles. The molecule has 5 heteroatoms. The molecule has 0 unspecified atom stereocenters. The number of carbonyl (C=O) groups excluding carboxylic acids is 1. The molecule has 0 spiro atoms. The van der Waals surface area contributed by atoms with Gasteiger partial charge in [0.2, 0.25) is 0 Å². The average molecular weight is 226 g/mol. The number of hydrogen-bond donors (Lipinski definition) is 1. The van der Waals surface area contributed by atoms with Gasteiger partial charge in [-0.15, -0.1) is 11.3 Å². The van der Waals surface area contributed by atoms with E-state index in [1.54, 1.807) is 6.92 Å². The number of thiazole rings is 1. The first-order valence-corrected chi connectivity index (χ1v) is 5.99. The van der Waals surface area contributed by atoms with E-state index in [4.69, 9.17) is 0 Å². The normalized spacial score (nSPS) is 17.1. The maximum Gasteiger partial charge on any atom is 0.148 e. The van der Waals surface area contributed by atoms with Crippen LogP contribution in [-0.2, 0) is 6.54 Å². The highest BCUT2D eigenvalue weighted by Gasteiger charge is 2.18. The second kappa shape index (κ2) is 4.28. The summed E-state index contributed by atoms with van der Waals surface area (Å²) in [6.07, 6.45) is 2.54. The zero-order valence-electron chi connectivity index (χ0n) is 8.71. The minimum atomic E-state index is -1.10. The molecule has 2 rings (SSSR count). The maximum atomic E-state index is 10.7. The fourth-order valence-corrected chi connectivity index (χ4v) is 2.95. The highest BCUT2D eigenvalue weighted by Crippen LogP contribution is 2.16. The minimum absolute atomic E-state index is 0.281. The van der Waals surface area contributed by atoms with Crippen LogP contribution in [0, 0.1) is 6.92 Å². The second-order valence-electron chi connectivity index (χ2n) is 3.94. The first-order chi connectivity index (χ1) is 7.16. The number of aromatic nitrogens is 1. The van der Waals surface area contributed by atoms with Gasteiger partial charge in [0.15, 0.2) is 0 Å². The molecule has 4 nitrogen and oxygen atoms in total. The van der Waals surface area contributed by atoms with Crippen molar-refractivity contribution in [3.05, 3.63) is 15.6 Å². The lowest BCUT2D eigenvalue weighted by atomic mass is 10.4. The third kappa shape index (κ3) is 2.35. The van der Waals surface area contributed by atoms with Crippen LogP contribution in [-0.4, -0.2) is 24.0 Å². The molecule has 1 fully saturated rings. The Morgan fingerprint density at radius 2 is 2.20 bits per heavy atom. The fourth-order valence-electron chi connectivity index (χ4n) is 1.98. The third-order valence-corrected chi connectivity index (χ3v) is 3.88. The lowest BCUT2D eigenvalue weighted by Gasteiger charge is -2.08. The Labute approximate surface area is 92.6 Å². The summed E-state index contributed by atoms with van der Waals surface area (Å²) in [4.78, 5) is 16.8. The van der Waals surface area contributed by atoms with Gasteiger partial charge < -0.3 is 14.8 Å². The smallest absolute Gasteiger partial charge is 0.148 e. The number of rotatable bonds is 3. The van der Waals surface area contributed by atoms with E-state index < -0.39 is 5.97 Å². The van der Waals surface area contributed by atoms with E-state index in [0.29, 0.717) is 5.69 Å². The van der Waals surface area contributed by atoms with E-state index in [1.807, 2.05) is 0 Å². The Kier molecular flexibility index (Phi) is 3.02. The van der Waals surface area contributed by atoms with Gasteiger partial charge in [-0.25, -0.2) is 4.98 Å². The monoisotopic (exact) mass is 226 g/mol. The van der Waals surface area contributed by atoms with Crippen molar-refractivity contribution in [2.24, 2.45) is 0 Å². The van der Waals surface area contributed by atoms with Crippen LogP contribution in [0.15, 0.2) is 0 Å². The number of likely N-dealkylation sites (tertiary alicyclic amines) is 1. The van der Waals surface area contributed by atoms with Gasteiger partial charge in [-0.3, -0.25) is 0 Å². The Balaban J connectivity index is 2.08. The van der Waals surface area contributed by atoms with Gasteiger partial charge in [-0.05, 0) is 6.92 Å². The van der Waals surface area contributed by atoms with Crippen LogP contribution in [0.2, 0.25) is 0 Å². The van der Waals surface area contributed by atoms with Gasteiger partial charge in [0.05, 0.1) is 29.6 Å². The topological polar surface area (TPSA) is 57.5 Å². The average Bonchev–Trinajstić information content (AvgIpc) is 2.75. The molecule has 1 saturated heterocycles. The number of quaternary nitrogens is 1. The number of carboxylic acid groups (broad SMARTS) is 1. The lowest BCUT2D eigenvalue weighted by Crippen LogP contribution is -3.08. The molecule has 1 N–H and O–H groups in total. The van der Waals surface area contributed by atoms with Crippen LogP contribution < -0.4 is 10.0 Å². The zero-order valence-corrected chi connectivity index (χ0v) is 9.52. The summed E-state index contributed by atoms with van der Waals surface area (Å²) in [5, 5.41) is 11.6. The number of carbonyl (C=O) groups is 1. The Hall–Kier alpha value is -0.940. The van der Waals surface area contributed by atoms with Crippen LogP contribution >= 0.6 is 11.3 Å². The second-order valence-corrected chi connectivity index (χ2v) is 5.03. The fraction of sp³-hybridized carbons (Fsp3) is 0.600. The number of aryl methyl sites for hydroxylation is 1. The predicted molar refractivity (Wildman–Crippen MR) is 54.8 cm³/mol. The van der Waals surface area contributed by atoms with Gasteiger partial charge in [0, 0.05) is 12.8 Å². The van der Waals surface area contributed by atoms with Crippen LogP contribution in [0.25, 0.3) is 0 Å². The predicted octanol–water partition coefficient (Wildman–Crippen LogP) is -1.01. The molecular weight excluding hydrogens is 212 g/mol. The summed E-state index contributed by atoms with van der Waals surface area (Å²) < 4.78 is 0. The minimum Gasteiger partial charge on any atom is -0.544 e. The first kappa shape index (κ1) is 10.6. The van der Waals surface area contributed by atoms with Gasteiger partial charge in [0.1, 0.15) is 11.6 Å². The van der Waals surface area contributed by atoms with Gasteiger partial charge in [-0.1, -0.05) is 0 Å². The summed E-state index contributed by atoms with van der Waals surface area (Å²) in [7, 11) is 0. The number of nitrogens with one attached hydrogen (secondary N) is 1. The van der Waals surface area contributed by atoms with Gasteiger partial charge in [-0.2, -0.15) is 0 Å². The van der Waals surface area contributed by atoms with Crippen LogP contribution in [0.1, 0.15) is 33.2 Å². The van der Waals surface area contributed by atoms with E-state index in [2.05, 4.69) is 4.98 Å².